The van der Waals surface area contributed by atoms with E-state index in [1.807, 2.05) is 6.07 Å². The van der Waals surface area contributed by atoms with Crippen molar-refractivity contribution in [3.63, 3.8) is 0 Å². The molecule has 1 aliphatic heterocycles. The van der Waals surface area contributed by atoms with Crippen LogP contribution in [-0.4, -0.2) is 37.4 Å². The Morgan fingerprint density at radius 3 is 2.39 bits per heavy atom. The monoisotopic (exact) mass is 610 g/mol. The highest BCUT2D eigenvalue weighted by Gasteiger charge is 2.26. The maximum atomic E-state index is 13.2. The number of sulfonamides is 1. The molecule has 0 saturated carbocycles. The van der Waals surface area contributed by atoms with Gasteiger partial charge in [0, 0.05) is 29.3 Å². The van der Waals surface area contributed by atoms with Gasteiger partial charge in [-0.1, -0.05) is 59.6 Å². The number of hydrogen-bond donors (Lipinski definition) is 1. The fourth-order valence-electron chi connectivity index (χ4n) is 4.70. The van der Waals surface area contributed by atoms with E-state index >= 15 is 0 Å². The van der Waals surface area contributed by atoms with Crippen LogP contribution in [0.15, 0.2) is 90.0 Å². The zero-order valence-corrected chi connectivity index (χ0v) is 24.4. The minimum atomic E-state index is -4.19. The lowest BCUT2D eigenvalue weighted by molar-refractivity contribution is 0.0978. The number of nitrogens with one attached hydrogen (secondary N) is 1. The summed E-state index contributed by atoms with van der Waals surface area (Å²) in [5.74, 6) is 0.678. The summed E-state index contributed by atoms with van der Waals surface area (Å²) >= 11 is 11.9. The largest absolute Gasteiger partial charge is 0.487 e. The first-order chi connectivity index (χ1) is 19.8. The van der Waals surface area contributed by atoms with Gasteiger partial charge in [0.25, 0.3) is 15.9 Å². The third-order valence-corrected chi connectivity index (χ3v) is 8.70. The topological polar surface area (TPSA) is 101 Å². The van der Waals surface area contributed by atoms with Gasteiger partial charge < -0.3 is 9.64 Å². The molecule has 1 saturated heterocycles. The van der Waals surface area contributed by atoms with Crippen LogP contribution in [0, 0.1) is 5.92 Å². The number of amides is 1. The summed E-state index contributed by atoms with van der Waals surface area (Å²) in [6, 6.07) is 22.9. The van der Waals surface area contributed by atoms with Gasteiger partial charge in [0.05, 0.1) is 16.2 Å². The molecule has 2 heterocycles. The van der Waals surface area contributed by atoms with Crippen LogP contribution in [0.1, 0.15) is 34.5 Å². The van der Waals surface area contributed by atoms with Crippen LogP contribution in [0.4, 0.5) is 5.95 Å². The van der Waals surface area contributed by atoms with Gasteiger partial charge >= 0.3 is 0 Å². The van der Waals surface area contributed by atoms with Crippen LogP contribution in [-0.2, 0) is 23.1 Å². The van der Waals surface area contributed by atoms with Crippen LogP contribution in [0.2, 0.25) is 10.0 Å². The van der Waals surface area contributed by atoms with Gasteiger partial charge in [-0.15, -0.1) is 0 Å². The van der Waals surface area contributed by atoms with Crippen molar-refractivity contribution in [2.24, 2.45) is 5.92 Å². The smallest absolute Gasteiger partial charge is 0.268 e. The SMILES string of the molecule is O=C(NS(=O)(=O)c1cccc(Cl)c1)c1cnc(N2CCC(Cc3ccccc3)CC2)nc1COc1ccc(Cl)cc1. The van der Waals surface area contributed by atoms with Gasteiger partial charge in [0.2, 0.25) is 5.95 Å². The number of nitrogens with zero attached hydrogens (tertiary/aromatic N) is 3. The average molecular weight is 612 g/mol. The maximum absolute atomic E-state index is 13.2. The predicted molar refractivity (Wildman–Crippen MR) is 159 cm³/mol. The number of hydrogen-bond acceptors (Lipinski definition) is 7. The minimum absolute atomic E-state index is 0.00715. The molecule has 0 unspecified atom stereocenters. The summed E-state index contributed by atoms with van der Waals surface area (Å²) < 4.78 is 33.7. The van der Waals surface area contributed by atoms with Crippen molar-refractivity contribution in [1.29, 1.82) is 0 Å². The van der Waals surface area contributed by atoms with Crippen molar-refractivity contribution in [3.8, 4) is 5.75 Å². The Balaban J connectivity index is 1.34. The van der Waals surface area contributed by atoms with Crippen molar-refractivity contribution in [2.75, 3.05) is 18.0 Å². The number of rotatable bonds is 9. The van der Waals surface area contributed by atoms with Crippen LogP contribution in [0.25, 0.3) is 0 Å². The Bertz CT molecular complexity index is 1610. The molecule has 212 valence electrons. The molecule has 0 atom stereocenters. The van der Waals surface area contributed by atoms with Crippen molar-refractivity contribution in [3.05, 3.63) is 112 Å². The lowest BCUT2D eigenvalue weighted by Crippen LogP contribution is -2.36. The number of halogens is 2. The molecule has 1 amide bonds. The third kappa shape index (κ3) is 7.55. The Morgan fingerprint density at radius 1 is 0.951 bits per heavy atom. The number of aromatic nitrogens is 2. The summed E-state index contributed by atoms with van der Waals surface area (Å²) in [5, 5.41) is 0.793. The number of piperidine rings is 1. The van der Waals surface area contributed by atoms with E-state index in [4.69, 9.17) is 27.9 Å². The van der Waals surface area contributed by atoms with Gasteiger partial charge in [-0.05, 0) is 73.2 Å². The first kappa shape index (κ1) is 28.9. The summed E-state index contributed by atoms with van der Waals surface area (Å²) in [5.41, 5.74) is 1.58. The lowest BCUT2D eigenvalue weighted by Gasteiger charge is -2.32. The average Bonchev–Trinajstić information content (AvgIpc) is 2.97. The highest BCUT2D eigenvalue weighted by Crippen LogP contribution is 2.25. The van der Waals surface area contributed by atoms with Crippen LogP contribution in [0.3, 0.4) is 0 Å². The molecule has 4 aromatic rings. The minimum Gasteiger partial charge on any atom is -0.487 e. The molecule has 3 aromatic carbocycles. The van der Waals surface area contributed by atoms with E-state index in [0.717, 1.165) is 32.4 Å². The molecule has 0 bridgehead atoms. The molecule has 1 N–H and O–H groups in total. The van der Waals surface area contributed by atoms with E-state index in [9.17, 15) is 13.2 Å². The van der Waals surface area contributed by atoms with E-state index in [2.05, 4.69) is 43.9 Å². The molecule has 1 fully saturated rings. The lowest BCUT2D eigenvalue weighted by atomic mass is 9.90. The van der Waals surface area contributed by atoms with E-state index < -0.39 is 15.9 Å². The standard InChI is InChI=1S/C30H28Cl2N4O4S/c31-23-9-11-25(12-10-23)40-20-28-27(29(37)35-41(38,39)26-8-4-7-24(32)18-26)19-33-30(34-28)36-15-13-22(14-16-36)17-21-5-2-1-3-6-21/h1-12,18-19,22H,13-17,20H2,(H,35,37). The zero-order chi connectivity index (χ0) is 28.8. The second-order valence-electron chi connectivity index (χ2n) is 9.79. The Morgan fingerprint density at radius 2 is 1.68 bits per heavy atom. The molecule has 1 aromatic heterocycles. The summed E-state index contributed by atoms with van der Waals surface area (Å²) in [6.45, 7) is 1.45. The molecule has 1 aliphatic rings. The quantitative estimate of drug-likeness (QED) is 0.250. The number of benzene rings is 3. The fourth-order valence-corrected chi connectivity index (χ4v) is 6.09. The van der Waals surface area contributed by atoms with E-state index in [0.29, 0.717) is 22.6 Å². The predicted octanol–water partition coefficient (Wildman–Crippen LogP) is 5.94. The molecular formula is C30H28Cl2N4O4S. The van der Waals surface area contributed by atoms with E-state index in [1.165, 1.54) is 30.0 Å². The van der Waals surface area contributed by atoms with E-state index in [1.54, 1.807) is 30.3 Å². The third-order valence-electron chi connectivity index (χ3n) is 6.89. The molecular weight excluding hydrogens is 583 g/mol. The molecule has 41 heavy (non-hydrogen) atoms. The Labute approximate surface area is 249 Å². The number of anilines is 1. The molecule has 5 rings (SSSR count). The van der Waals surface area contributed by atoms with Gasteiger partial charge in [-0.3, -0.25) is 4.79 Å². The molecule has 0 radical (unpaired) electrons. The molecule has 0 spiro atoms. The first-order valence-corrected chi connectivity index (χ1v) is 15.4. The second kappa shape index (κ2) is 12.9. The first-order valence-electron chi connectivity index (χ1n) is 13.1. The van der Waals surface area contributed by atoms with Crippen LogP contribution >= 0.6 is 23.2 Å². The Kier molecular flexibility index (Phi) is 9.07. The van der Waals surface area contributed by atoms with Crippen molar-refractivity contribution in [2.45, 2.75) is 30.8 Å². The normalized spacial score (nSPS) is 14.0. The van der Waals surface area contributed by atoms with Gasteiger partial charge in [-0.25, -0.2) is 23.1 Å². The zero-order valence-electron chi connectivity index (χ0n) is 22.0. The number of ether oxygens (including phenoxy) is 1. The van der Waals surface area contributed by atoms with Gasteiger partial charge in [0.1, 0.15) is 12.4 Å². The maximum Gasteiger partial charge on any atom is 0.268 e. The molecule has 0 aliphatic carbocycles. The molecule has 11 heteroatoms. The van der Waals surface area contributed by atoms with Crippen molar-refractivity contribution < 1.29 is 17.9 Å². The van der Waals surface area contributed by atoms with Crippen LogP contribution in [0.5, 0.6) is 5.75 Å². The fraction of sp³-hybridized carbons (Fsp3) is 0.233. The van der Waals surface area contributed by atoms with Crippen molar-refractivity contribution >= 4 is 45.1 Å². The number of carbonyl (C=O) groups is 1. The summed E-state index contributed by atoms with van der Waals surface area (Å²) in [7, 11) is -4.19. The second-order valence-corrected chi connectivity index (χ2v) is 12.3. The molecule has 8 nitrogen and oxygen atoms in total. The number of carbonyl (C=O) groups excluding carboxylic acids is 1. The highest BCUT2D eigenvalue weighted by molar-refractivity contribution is 7.90. The van der Waals surface area contributed by atoms with Crippen LogP contribution < -0.4 is 14.4 Å². The van der Waals surface area contributed by atoms with Gasteiger partial charge in [-0.2, -0.15) is 0 Å². The highest BCUT2D eigenvalue weighted by atomic mass is 35.5. The summed E-state index contributed by atoms with van der Waals surface area (Å²) in [6.07, 6.45) is 4.33. The van der Waals surface area contributed by atoms with Crippen molar-refractivity contribution in [1.82, 2.24) is 14.7 Å². The van der Waals surface area contributed by atoms with Gasteiger partial charge in [0.15, 0.2) is 0 Å². The van der Waals surface area contributed by atoms with E-state index in [-0.39, 0.29) is 27.8 Å². The Hall–Kier alpha value is -3.66. The summed E-state index contributed by atoms with van der Waals surface area (Å²) in [4.78, 5) is 24.3.